The highest BCUT2D eigenvalue weighted by molar-refractivity contribution is 6.07. The van der Waals surface area contributed by atoms with Crippen molar-refractivity contribution in [2.45, 2.75) is 13.3 Å². The Bertz CT molecular complexity index is 479. The Labute approximate surface area is 93.5 Å². The van der Waals surface area contributed by atoms with E-state index in [0.29, 0.717) is 24.1 Å². The zero-order valence-electron chi connectivity index (χ0n) is 9.28. The summed E-state index contributed by atoms with van der Waals surface area (Å²) in [5, 5.41) is 8.99. The Morgan fingerprint density at radius 2 is 2.12 bits per heavy atom. The van der Waals surface area contributed by atoms with E-state index >= 15 is 0 Å². The molecule has 0 saturated carbocycles. The molecule has 0 unspecified atom stereocenters. The molecule has 16 heavy (non-hydrogen) atoms. The van der Waals surface area contributed by atoms with Gasteiger partial charge < -0.3 is 10.0 Å². The van der Waals surface area contributed by atoms with Crippen molar-refractivity contribution in [3.8, 4) is 0 Å². The van der Waals surface area contributed by atoms with Crippen molar-refractivity contribution in [3.05, 3.63) is 28.8 Å². The van der Waals surface area contributed by atoms with Crippen molar-refractivity contribution in [2.24, 2.45) is 0 Å². The number of nitrogens with zero attached hydrogens (tertiary/aromatic N) is 1. The zero-order chi connectivity index (χ0) is 11.9. The van der Waals surface area contributed by atoms with Crippen LogP contribution in [0.15, 0.2) is 12.1 Å². The summed E-state index contributed by atoms with van der Waals surface area (Å²) in [4.78, 5) is 24.8. The highest BCUT2D eigenvalue weighted by atomic mass is 16.4. The lowest BCUT2D eigenvalue weighted by Gasteiger charge is -2.28. The number of carbonyl (C=O) groups is 2. The molecule has 0 atom stereocenters. The Balaban J connectivity index is 2.67. The lowest BCUT2D eigenvalue weighted by molar-refractivity contribution is 0.0696. The molecule has 2 rings (SSSR count). The number of fused-ring (bicyclic) bond motifs is 1. The first-order chi connectivity index (χ1) is 7.52. The fourth-order valence-electron chi connectivity index (χ4n) is 2.11. The van der Waals surface area contributed by atoms with Crippen LogP contribution in [0, 0.1) is 6.92 Å². The van der Waals surface area contributed by atoms with Gasteiger partial charge >= 0.3 is 5.97 Å². The molecule has 0 aromatic heterocycles. The summed E-state index contributed by atoms with van der Waals surface area (Å²) in [7, 11) is 1.91. The molecule has 0 aliphatic carbocycles. The first-order valence-corrected chi connectivity index (χ1v) is 5.13. The smallest absolute Gasteiger partial charge is 0.335 e. The summed E-state index contributed by atoms with van der Waals surface area (Å²) in [5.74, 6) is -0.949. The van der Waals surface area contributed by atoms with Gasteiger partial charge in [0.1, 0.15) is 0 Å². The van der Waals surface area contributed by atoms with Crippen molar-refractivity contribution < 1.29 is 14.7 Å². The fraction of sp³-hybridized carbons (Fsp3) is 0.333. The molecule has 1 aromatic carbocycles. The number of rotatable bonds is 1. The molecule has 0 radical (unpaired) electrons. The molecule has 1 aliphatic rings. The lowest BCUT2D eigenvalue weighted by atomic mass is 9.93. The van der Waals surface area contributed by atoms with E-state index < -0.39 is 5.97 Å². The molecular formula is C12H13NO3. The topological polar surface area (TPSA) is 57.6 Å². The van der Waals surface area contributed by atoms with Gasteiger partial charge in [0, 0.05) is 31.3 Å². The maximum absolute atomic E-state index is 11.8. The molecule has 0 amide bonds. The van der Waals surface area contributed by atoms with E-state index in [2.05, 4.69) is 0 Å². The number of carboxylic acid groups (broad SMARTS) is 1. The third kappa shape index (κ3) is 1.46. The number of hydrogen-bond donors (Lipinski definition) is 1. The van der Waals surface area contributed by atoms with Crippen LogP contribution in [0.4, 0.5) is 5.69 Å². The van der Waals surface area contributed by atoms with Crippen LogP contribution in [-0.4, -0.2) is 30.5 Å². The third-order valence-corrected chi connectivity index (χ3v) is 3.04. The van der Waals surface area contributed by atoms with E-state index in [0.717, 1.165) is 5.69 Å². The Morgan fingerprint density at radius 3 is 2.75 bits per heavy atom. The number of anilines is 1. The standard InChI is InChI=1S/C12H13NO3/c1-7-8(12(15)16)3-4-9-11(7)10(14)5-6-13(9)2/h3-4H,5-6H2,1-2H3,(H,15,16). The largest absolute Gasteiger partial charge is 0.478 e. The first kappa shape index (κ1) is 10.7. The van der Waals surface area contributed by atoms with E-state index in [1.54, 1.807) is 19.1 Å². The number of ketones is 1. The van der Waals surface area contributed by atoms with E-state index in [4.69, 9.17) is 5.11 Å². The van der Waals surface area contributed by atoms with Crippen LogP contribution in [-0.2, 0) is 0 Å². The fourth-order valence-corrected chi connectivity index (χ4v) is 2.11. The third-order valence-electron chi connectivity index (χ3n) is 3.04. The van der Waals surface area contributed by atoms with E-state index in [-0.39, 0.29) is 11.3 Å². The van der Waals surface area contributed by atoms with Gasteiger partial charge in [-0.3, -0.25) is 4.79 Å². The predicted octanol–water partition coefficient (Wildman–Crippen LogP) is 1.72. The van der Waals surface area contributed by atoms with E-state index in [1.807, 2.05) is 11.9 Å². The van der Waals surface area contributed by atoms with Gasteiger partial charge in [0.05, 0.1) is 5.56 Å². The maximum Gasteiger partial charge on any atom is 0.335 e. The van der Waals surface area contributed by atoms with E-state index in [9.17, 15) is 9.59 Å². The SMILES string of the molecule is Cc1c(C(=O)O)ccc2c1C(=O)CCN2C. The summed E-state index contributed by atoms with van der Waals surface area (Å²) >= 11 is 0. The molecule has 1 aliphatic heterocycles. The van der Waals surface area contributed by atoms with Crippen LogP contribution in [0.25, 0.3) is 0 Å². The zero-order valence-corrected chi connectivity index (χ0v) is 9.28. The van der Waals surface area contributed by atoms with Crippen LogP contribution in [0.1, 0.15) is 32.7 Å². The number of aromatic carboxylic acids is 1. The van der Waals surface area contributed by atoms with Gasteiger partial charge in [-0.1, -0.05) is 0 Å². The molecule has 84 valence electrons. The summed E-state index contributed by atoms with van der Waals surface area (Å²) < 4.78 is 0. The second kappa shape index (κ2) is 3.63. The van der Waals surface area contributed by atoms with E-state index in [1.165, 1.54) is 0 Å². The van der Waals surface area contributed by atoms with Gasteiger partial charge in [-0.2, -0.15) is 0 Å². The summed E-state index contributed by atoms with van der Waals surface area (Å²) in [6.07, 6.45) is 0.452. The minimum Gasteiger partial charge on any atom is -0.478 e. The highest BCUT2D eigenvalue weighted by Gasteiger charge is 2.25. The predicted molar refractivity (Wildman–Crippen MR) is 60.4 cm³/mol. The molecule has 0 bridgehead atoms. The number of carbonyl (C=O) groups excluding carboxylic acids is 1. The molecule has 1 aromatic rings. The van der Waals surface area contributed by atoms with Gasteiger partial charge in [-0.25, -0.2) is 4.79 Å². The number of benzene rings is 1. The van der Waals surface area contributed by atoms with Crippen molar-refractivity contribution in [2.75, 3.05) is 18.5 Å². The molecule has 0 spiro atoms. The Morgan fingerprint density at radius 1 is 1.44 bits per heavy atom. The Kier molecular flexibility index (Phi) is 2.42. The minimum absolute atomic E-state index is 0.0358. The molecule has 1 N–H and O–H groups in total. The van der Waals surface area contributed by atoms with Crippen LogP contribution in [0.3, 0.4) is 0 Å². The van der Waals surface area contributed by atoms with Crippen LogP contribution < -0.4 is 4.90 Å². The monoisotopic (exact) mass is 219 g/mol. The second-order valence-electron chi connectivity index (χ2n) is 4.03. The molecule has 0 fully saturated rings. The lowest BCUT2D eigenvalue weighted by Crippen LogP contribution is -2.29. The van der Waals surface area contributed by atoms with Gasteiger partial charge in [-0.15, -0.1) is 0 Å². The minimum atomic E-state index is -0.985. The molecule has 0 saturated heterocycles. The average Bonchev–Trinajstić information content (AvgIpc) is 2.23. The quantitative estimate of drug-likeness (QED) is 0.781. The van der Waals surface area contributed by atoms with Crippen molar-refractivity contribution in [1.29, 1.82) is 0 Å². The van der Waals surface area contributed by atoms with Crippen LogP contribution in [0.5, 0.6) is 0 Å². The highest BCUT2D eigenvalue weighted by Crippen LogP contribution is 2.30. The number of carboxylic acids is 1. The normalized spacial score (nSPS) is 14.9. The van der Waals surface area contributed by atoms with Gasteiger partial charge in [-0.05, 0) is 24.6 Å². The van der Waals surface area contributed by atoms with Gasteiger partial charge in [0.2, 0.25) is 0 Å². The van der Waals surface area contributed by atoms with Crippen LogP contribution in [0.2, 0.25) is 0 Å². The second-order valence-corrected chi connectivity index (χ2v) is 4.03. The molecule has 1 heterocycles. The van der Waals surface area contributed by atoms with Crippen LogP contribution >= 0.6 is 0 Å². The number of Topliss-reactive ketones (excluding diaryl/α,β-unsaturated/α-hetero) is 1. The first-order valence-electron chi connectivity index (χ1n) is 5.13. The molecular weight excluding hydrogens is 206 g/mol. The maximum atomic E-state index is 11.8. The summed E-state index contributed by atoms with van der Waals surface area (Å²) in [6, 6.07) is 3.27. The summed E-state index contributed by atoms with van der Waals surface area (Å²) in [5.41, 5.74) is 2.18. The van der Waals surface area contributed by atoms with Gasteiger partial charge in [0.15, 0.2) is 5.78 Å². The van der Waals surface area contributed by atoms with Crippen molar-refractivity contribution >= 4 is 17.4 Å². The molecule has 4 heteroatoms. The molecule has 4 nitrogen and oxygen atoms in total. The summed E-state index contributed by atoms with van der Waals surface area (Å²) in [6.45, 7) is 2.39. The van der Waals surface area contributed by atoms with Crippen molar-refractivity contribution in [1.82, 2.24) is 0 Å². The van der Waals surface area contributed by atoms with Gasteiger partial charge in [0.25, 0.3) is 0 Å². The van der Waals surface area contributed by atoms with Crippen molar-refractivity contribution in [3.63, 3.8) is 0 Å². The number of hydrogen-bond acceptors (Lipinski definition) is 3. The average molecular weight is 219 g/mol. The Hall–Kier alpha value is -1.84.